The number of hydrogen-bond acceptors (Lipinski definition) is 3. The largest absolute Gasteiger partial charge is 0.573 e. The smallest absolute Gasteiger partial charge is 0.505 e. The molecule has 9 heteroatoms. The molecular formula is C13H7F6NO2. The molecule has 0 aliphatic rings. The molecule has 0 unspecified atom stereocenters. The lowest BCUT2D eigenvalue weighted by atomic mass is 10.0. The highest BCUT2D eigenvalue weighted by molar-refractivity contribution is 5.76. The van der Waals surface area contributed by atoms with Crippen LogP contribution in [-0.2, 0) is 6.18 Å². The molecule has 0 spiro atoms. The molecule has 2 rings (SSSR count). The van der Waals surface area contributed by atoms with E-state index in [1.54, 1.807) is 0 Å². The van der Waals surface area contributed by atoms with Gasteiger partial charge in [-0.3, -0.25) is 0 Å². The van der Waals surface area contributed by atoms with Gasteiger partial charge in [0.1, 0.15) is 5.75 Å². The van der Waals surface area contributed by atoms with E-state index < -0.39 is 35.3 Å². The van der Waals surface area contributed by atoms with Gasteiger partial charge in [-0.15, -0.1) is 13.2 Å². The average Bonchev–Trinajstić information content (AvgIpc) is 2.37. The molecule has 0 amide bonds. The molecule has 0 saturated carbocycles. The van der Waals surface area contributed by atoms with E-state index in [-0.39, 0.29) is 5.56 Å². The molecule has 0 fully saturated rings. The minimum Gasteiger partial charge on any atom is -0.505 e. The van der Waals surface area contributed by atoms with E-state index >= 15 is 0 Å². The Morgan fingerprint density at radius 3 is 2.14 bits per heavy atom. The van der Waals surface area contributed by atoms with Gasteiger partial charge in [0.2, 0.25) is 0 Å². The van der Waals surface area contributed by atoms with Crippen molar-refractivity contribution in [3.05, 3.63) is 42.2 Å². The van der Waals surface area contributed by atoms with Gasteiger partial charge in [-0.1, -0.05) is 18.2 Å². The first-order chi connectivity index (χ1) is 10.1. The highest BCUT2D eigenvalue weighted by atomic mass is 19.4. The topological polar surface area (TPSA) is 42.4 Å². The third kappa shape index (κ3) is 3.41. The number of nitrogens with zero attached hydrogens (tertiary/aromatic N) is 1. The van der Waals surface area contributed by atoms with Crippen molar-refractivity contribution >= 4 is 0 Å². The second kappa shape index (κ2) is 5.39. The Labute approximate surface area is 119 Å². The number of hydrogen-bond donors (Lipinski definition) is 1. The van der Waals surface area contributed by atoms with Crippen LogP contribution in [0.25, 0.3) is 11.1 Å². The summed E-state index contributed by atoms with van der Waals surface area (Å²) >= 11 is 0. The lowest BCUT2D eigenvalue weighted by Gasteiger charge is -2.15. The van der Waals surface area contributed by atoms with Crippen molar-refractivity contribution in [2.45, 2.75) is 12.5 Å². The van der Waals surface area contributed by atoms with E-state index in [2.05, 4.69) is 9.72 Å². The zero-order valence-electron chi connectivity index (χ0n) is 10.5. The maximum atomic E-state index is 12.7. The summed E-state index contributed by atoms with van der Waals surface area (Å²) in [7, 11) is 0. The Balaban J connectivity index is 2.59. The predicted molar refractivity (Wildman–Crippen MR) is 63.0 cm³/mol. The van der Waals surface area contributed by atoms with Crippen LogP contribution in [0.4, 0.5) is 26.3 Å². The zero-order valence-corrected chi connectivity index (χ0v) is 10.5. The number of para-hydroxylation sites is 1. The first kappa shape index (κ1) is 15.9. The summed E-state index contributed by atoms with van der Waals surface area (Å²) in [6.45, 7) is 0. The molecule has 1 aromatic heterocycles. The molecule has 118 valence electrons. The van der Waals surface area contributed by atoms with Crippen molar-refractivity contribution in [2.75, 3.05) is 0 Å². The number of aromatic hydroxyl groups is 1. The minimum absolute atomic E-state index is 0.342. The number of rotatable bonds is 2. The lowest BCUT2D eigenvalue weighted by molar-refractivity contribution is -0.274. The summed E-state index contributed by atoms with van der Waals surface area (Å²) in [4.78, 5) is 3.00. The second-order valence-corrected chi connectivity index (χ2v) is 4.10. The fraction of sp³-hybridized carbons (Fsp3) is 0.154. The Kier molecular flexibility index (Phi) is 3.90. The molecule has 1 N–H and O–H groups in total. The summed E-state index contributed by atoms with van der Waals surface area (Å²) in [6, 6.07) is 5.49. The van der Waals surface area contributed by atoms with E-state index in [1.807, 2.05) is 0 Å². The van der Waals surface area contributed by atoms with Crippen molar-refractivity contribution in [1.82, 2.24) is 4.98 Å². The van der Waals surface area contributed by atoms with Crippen molar-refractivity contribution in [3.63, 3.8) is 0 Å². The van der Waals surface area contributed by atoms with Crippen LogP contribution < -0.4 is 4.74 Å². The first-order valence-corrected chi connectivity index (χ1v) is 5.70. The van der Waals surface area contributed by atoms with E-state index in [4.69, 9.17) is 0 Å². The molecule has 0 aliphatic carbocycles. The van der Waals surface area contributed by atoms with Crippen LogP contribution in [-0.4, -0.2) is 16.5 Å². The minimum atomic E-state index is -5.02. The number of alkyl halides is 6. The van der Waals surface area contributed by atoms with Gasteiger partial charge in [-0.05, 0) is 12.1 Å². The molecular weight excluding hydrogens is 316 g/mol. The van der Waals surface area contributed by atoms with Gasteiger partial charge in [0.05, 0.1) is 0 Å². The fourth-order valence-corrected chi connectivity index (χ4v) is 1.78. The number of halogens is 6. The van der Waals surface area contributed by atoms with Crippen molar-refractivity contribution < 1.29 is 36.2 Å². The Morgan fingerprint density at radius 1 is 0.909 bits per heavy atom. The van der Waals surface area contributed by atoms with Crippen LogP contribution in [0.15, 0.2) is 36.5 Å². The first-order valence-electron chi connectivity index (χ1n) is 5.70. The van der Waals surface area contributed by atoms with Gasteiger partial charge in [-0.2, -0.15) is 13.2 Å². The van der Waals surface area contributed by atoms with Crippen molar-refractivity contribution in [2.24, 2.45) is 0 Å². The SMILES string of the molecule is Oc1c(-c2ccccc2OC(F)(F)F)ccnc1C(F)(F)F. The van der Waals surface area contributed by atoms with Crippen LogP contribution in [0.1, 0.15) is 5.69 Å². The third-order valence-corrected chi connectivity index (χ3v) is 2.60. The summed E-state index contributed by atoms with van der Waals surface area (Å²) in [5.41, 5.74) is -2.40. The molecule has 22 heavy (non-hydrogen) atoms. The molecule has 2 aromatic rings. The van der Waals surface area contributed by atoms with Gasteiger partial charge >= 0.3 is 12.5 Å². The molecule has 3 nitrogen and oxygen atoms in total. The summed E-state index contributed by atoms with van der Waals surface area (Å²) < 4.78 is 78.8. The van der Waals surface area contributed by atoms with Gasteiger partial charge in [-0.25, -0.2) is 4.98 Å². The Morgan fingerprint density at radius 2 is 1.55 bits per heavy atom. The maximum Gasteiger partial charge on any atom is 0.573 e. The van der Waals surface area contributed by atoms with Gasteiger partial charge in [0.25, 0.3) is 0 Å². The second-order valence-electron chi connectivity index (χ2n) is 4.10. The Bertz CT molecular complexity index is 681. The van der Waals surface area contributed by atoms with Crippen LogP contribution >= 0.6 is 0 Å². The normalized spacial score (nSPS) is 12.3. The van der Waals surface area contributed by atoms with Gasteiger partial charge < -0.3 is 9.84 Å². The summed E-state index contributed by atoms with van der Waals surface area (Å²) in [5, 5.41) is 9.68. The number of ether oxygens (including phenoxy) is 1. The fourth-order valence-electron chi connectivity index (χ4n) is 1.78. The van der Waals surface area contributed by atoms with Crippen LogP contribution in [0.5, 0.6) is 11.5 Å². The number of benzene rings is 1. The molecule has 1 aromatic carbocycles. The van der Waals surface area contributed by atoms with Gasteiger partial charge in [0, 0.05) is 17.3 Å². The predicted octanol–water partition coefficient (Wildman–Crippen LogP) is 4.37. The standard InChI is InChI=1S/C13H7F6NO2/c14-12(15,16)11-10(21)8(5-6-20-11)7-3-1-2-4-9(7)22-13(17,18)19/h1-6,21H. The van der Waals surface area contributed by atoms with E-state index in [9.17, 15) is 31.4 Å². The quantitative estimate of drug-likeness (QED) is 0.835. The summed E-state index contributed by atoms with van der Waals surface area (Å²) in [5.74, 6) is -2.00. The molecule has 0 aliphatic heterocycles. The molecule has 0 atom stereocenters. The lowest BCUT2D eigenvalue weighted by Crippen LogP contribution is -2.17. The van der Waals surface area contributed by atoms with E-state index in [0.717, 1.165) is 24.4 Å². The van der Waals surface area contributed by atoms with Gasteiger partial charge in [0.15, 0.2) is 11.4 Å². The highest BCUT2D eigenvalue weighted by Gasteiger charge is 2.37. The van der Waals surface area contributed by atoms with E-state index in [0.29, 0.717) is 0 Å². The molecule has 0 radical (unpaired) electrons. The molecule has 0 bridgehead atoms. The maximum absolute atomic E-state index is 12.7. The molecule has 1 heterocycles. The third-order valence-electron chi connectivity index (χ3n) is 2.60. The van der Waals surface area contributed by atoms with Crippen LogP contribution in [0, 0.1) is 0 Å². The van der Waals surface area contributed by atoms with E-state index in [1.165, 1.54) is 12.1 Å². The van der Waals surface area contributed by atoms with Crippen LogP contribution in [0.2, 0.25) is 0 Å². The van der Waals surface area contributed by atoms with Crippen LogP contribution in [0.3, 0.4) is 0 Å². The monoisotopic (exact) mass is 323 g/mol. The Hall–Kier alpha value is -2.45. The molecule has 0 saturated heterocycles. The number of aromatic nitrogens is 1. The zero-order chi connectivity index (χ0) is 16.5. The van der Waals surface area contributed by atoms with Crippen molar-refractivity contribution in [3.8, 4) is 22.6 Å². The van der Waals surface area contributed by atoms with Crippen molar-refractivity contribution in [1.29, 1.82) is 0 Å². The number of pyridine rings is 1. The average molecular weight is 323 g/mol. The summed E-state index contributed by atoms with van der Waals surface area (Å²) in [6.07, 6.45) is -9.23. The highest BCUT2D eigenvalue weighted by Crippen LogP contribution is 2.43.